The minimum atomic E-state index is -4.39. The number of allylic oxidation sites excluding steroid dienone is 1. The molecule has 7 atom stereocenters. The van der Waals surface area contributed by atoms with Crippen LogP contribution in [0.1, 0.15) is 93.4 Å². The minimum Gasteiger partial charge on any atom is -0.475 e. The Morgan fingerprint density at radius 1 is 1.12 bits per heavy atom. The second-order valence-corrected chi connectivity index (χ2v) is 19.7. The molecule has 2 aliphatic carbocycles. The maximum Gasteiger partial charge on any atom is 0.408 e. The Hall–Kier alpha value is -4.47. The van der Waals surface area contributed by atoms with Crippen molar-refractivity contribution in [1.82, 2.24) is 25.2 Å². The second-order valence-electron chi connectivity index (χ2n) is 17.6. The number of nitrogens with zero attached hydrogens (tertiary/aromatic N) is 2. The van der Waals surface area contributed by atoms with E-state index in [9.17, 15) is 32.0 Å². The number of fused-ring (bicyclic) bond motifs is 3. The Morgan fingerprint density at radius 3 is 2.51 bits per heavy atom. The predicted molar refractivity (Wildman–Crippen MR) is 211 cm³/mol. The fourth-order valence-corrected chi connectivity index (χ4v) is 9.30. The van der Waals surface area contributed by atoms with Gasteiger partial charge in [-0.3, -0.25) is 19.1 Å². The lowest BCUT2D eigenvalue weighted by Gasteiger charge is -2.33. The van der Waals surface area contributed by atoms with Crippen LogP contribution < -0.4 is 24.8 Å². The van der Waals surface area contributed by atoms with E-state index < -0.39 is 80.5 Å². The molecule has 3 heterocycles. The van der Waals surface area contributed by atoms with Crippen LogP contribution in [0.3, 0.4) is 0 Å². The summed E-state index contributed by atoms with van der Waals surface area (Å²) in [5, 5.41) is 7.12. The third kappa shape index (κ3) is 9.31. The summed E-state index contributed by atoms with van der Waals surface area (Å²) in [6.07, 6.45) is 4.15. The largest absolute Gasteiger partial charge is 0.475 e. The Bertz CT molecular complexity index is 2020. The second kappa shape index (κ2) is 16.1. The van der Waals surface area contributed by atoms with Crippen molar-refractivity contribution >= 4 is 44.6 Å². The summed E-state index contributed by atoms with van der Waals surface area (Å²) in [6.45, 7) is 11.6. The monoisotopic (exact) mass is 813 g/mol. The molecule has 16 heteroatoms. The van der Waals surface area contributed by atoms with Gasteiger partial charge in [-0.25, -0.2) is 17.6 Å². The molecule has 3 fully saturated rings. The van der Waals surface area contributed by atoms with Gasteiger partial charge >= 0.3 is 6.09 Å². The van der Waals surface area contributed by atoms with Crippen molar-refractivity contribution in [2.24, 2.45) is 17.8 Å². The first-order chi connectivity index (χ1) is 26.8. The molecule has 6 rings (SSSR count). The number of sulfonamides is 1. The molecule has 0 spiro atoms. The average molecular weight is 814 g/mol. The number of alkyl carbamates (subject to hydrolysis) is 1. The van der Waals surface area contributed by atoms with Crippen LogP contribution in [0.2, 0.25) is 0 Å². The molecule has 312 valence electrons. The van der Waals surface area contributed by atoms with Crippen molar-refractivity contribution in [3.8, 4) is 11.8 Å². The van der Waals surface area contributed by atoms with Crippen LogP contribution in [0.15, 0.2) is 42.5 Å². The first-order valence-corrected chi connectivity index (χ1v) is 21.4. The highest BCUT2D eigenvalue weighted by Crippen LogP contribution is 2.48. The molecule has 1 saturated heterocycles. The van der Waals surface area contributed by atoms with Gasteiger partial charge in [0.05, 0.1) is 12.6 Å². The van der Waals surface area contributed by atoms with Gasteiger partial charge in [0.15, 0.2) is 0 Å². The molecule has 2 aliphatic heterocycles. The molecule has 4 aliphatic rings. The van der Waals surface area contributed by atoms with E-state index in [0.29, 0.717) is 24.1 Å². The predicted octanol–water partition coefficient (Wildman–Crippen LogP) is 5.10. The molecule has 1 aromatic heterocycles. The quantitative estimate of drug-likeness (QED) is 0.288. The Labute approximate surface area is 334 Å². The van der Waals surface area contributed by atoms with E-state index in [-0.39, 0.29) is 56.0 Å². The number of benzene rings is 1. The summed E-state index contributed by atoms with van der Waals surface area (Å²) < 4.78 is 58.7. The molecular weight excluding hydrogens is 758 g/mol. The number of carbonyl (C=O) groups is 4. The fourth-order valence-electron chi connectivity index (χ4n) is 7.88. The average Bonchev–Trinajstić information content (AvgIpc) is 4.02. The zero-order chi connectivity index (χ0) is 41.5. The molecule has 2 aromatic rings. The number of halogens is 1. The van der Waals surface area contributed by atoms with Crippen molar-refractivity contribution in [3.05, 3.63) is 42.5 Å². The van der Waals surface area contributed by atoms with Gasteiger partial charge in [0, 0.05) is 23.8 Å². The van der Waals surface area contributed by atoms with Gasteiger partial charge in [0.2, 0.25) is 33.6 Å². The van der Waals surface area contributed by atoms with E-state index in [2.05, 4.69) is 27.3 Å². The molecule has 0 radical (unpaired) electrons. The number of ether oxygens (including phenoxy) is 3. The normalized spacial score (nSPS) is 29.5. The summed E-state index contributed by atoms with van der Waals surface area (Å²) in [7, 11) is -4.39. The molecule has 2 saturated carbocycles. The SMILES string of the molecule is CC(C)Oc1cc2ccccc2c(O[C@@H]2C[C@H]3C(=O)N[C@]4(C(=O)NS(=O)(=O)C5(CF)CC5)C[C@H]4/C=C\CC[C@@H](C)C[C@@H](C)[C@H](NC(=O)OC(C)(C)C)C(=O)N3C2)n1. The molecular formula is C41H56FN5O9S. The van der Waals surface area contributed by atoms with Crippen LogP contribution in [-0.4, -0.2) is 95.5 Å². The van der Waals surface area contributed by atoms with E-state index >= 15 is 0 Å². The summed E-state index contributed by atoms with van der Waals surface area (Å²) >= 11 is 0. The van der Waals surface area contributed by atoms with Gasteiger partial charge in [-0.2, -0.15) is 4.98 Å². The minimum absolute atomic E-state index is 0.0196. The highest BCUT2D eigenvalue weighted by atomic mass is 32.2. The third-order valence-corrected chi connectivity index (χ3v) is 13.4. The Morgan fingerprint density at radius 2 is 1.84 bits per heavy atom. The Balaban J connectivity index is 1.36. The Kier molecular flexibility index (Phi) is 11.9. The molecule has 3 N–H and O–H groups in total. The van der Waals surface area contributed by atoms with E-state index in [1.165, 1.54) is 4.90 Å². The summed E-state index contributed by atoms with van der Waals surface area (Å²) in [6, 6.07) is 6.97. The third-order valence-electron chi connectivity index (χ3n) is 11.3. The van der Waals surface area contributed by atoms with Gasteiger partial charge < -0.3 is 29.7 Å². The summed E-state index contributed by atoms with van der Waals surface area (Å²) in [4.78, 5) is 62.6. The first-order valence-electron chi connectivity index (χ1n) is 19.9. The van der Waals surface area contributed by atoms with Crippen LogP contribution in [0.25, 0.3) is 10.8 Å². The fraction of sp³-hybridized carbons (Fsp3) is 0.634. The molecule has 14 nitrogen and oxygen atoms in total. The van der Waals surface area contributed by atoms with Crippen LogP contribution in [0.4, 0.5) is 9.18 Å². The number of hydrogen-bond acceptors (Lipinski definition) is 10. The van der Waals surface area contributed by atoms with Gasteiger partial charge in [-0.1, -0.05) is 44.2 Å². The van der Waals surface area contributed by atoms with Crippen LogP contribution in [-0.2, 0) is 29.1 Å². The number of alkyl halides is 1. The zero-order valence-corrected chi connectivity index (χ0v) is 34.6. The van der Waals surface area contributed by atoms with E-state index in [4.69, 9.17) is 14.2 Å². The van der Waals surface area contributed by atoms with Crippen molar-refractivity contribution in [2.75, 3.05) is 13.2 Å². The number of rotatable bonds is 9. The van der Waals surface area contributed by atoms with Gasteiger partial charge in [0.1, 0.15) is 40.7 Å². The maximum absolute atomic E-state index is 14.8. The number of pyridine rings is 1. The van der Waals surface area contributed by atoms with E-state index in [0.717, 1.165) is 11.8 Å². The zero-order valence-electron chi connectivity index (χ0n) is 33.8. The highest BCUT2D eigenvalue weighted by molar-refractivity contribution is 7.91. The molecule has 0 bridgehead atoms. The first kappa shape index (κ1) is 42.1. The van der Waals surface area contributed by atoms with Crippen molar-refractivity contribution < 1.29 is 46.2 Å². The maximum atomic E-state index is 14.8. The van der Waals surface area contributed by atoms with E-state index in [1.54, 1.807) is 26.8 Å². The molecule has 1 aromatic carbocycles. The molecule has 57 heavy (non-hydrogen) atoms. The van der Waals surface area contributed by atoms with Crippen molar-refractivity contribution in [2.45, 2.75) is 134 Å². The smallest absolute Gasteiger partial charge is 0.408 e. The van der Waals surface area contributed by atoms with Gasteiger partial charge in [-0.05, 0) is 96.4 Å². The van der Waals surface area contributed by atoms with Crippen LogP contribution >= 0.6 is 0 Å². The van der Waals surface area contributed by atoms with Gasteiger partial charge in [0.25, 0.3) is 5.91 Å². The lowest BCUT2D eigenvalue weighted by atomic mass is 9.88. The number of carbonyl (C=O) groups excluding carboxylic acids is 4. The summed E-state index contributed by atoms with van der Waals surface area (Å²) in [5.41, 5.74) is -2.50. The van der Waals surface area contributed by atoms with E-state index in [1.807, 2.05) is 57.2 Å². The summed E-state index contributed by atoms with van der Waals surface area (Å²) in [5.74, 6) is -2.44. The molecule has 4 amide bonds. The number of nitrogens with one attached hydrogen (secondary N) is 3. The van der Waals surface area contributed by atoms with Crippen molar-refractivity contribution in [3.63, 3.8) is 0 Å². The lowest BCUT2D eigenvalue weighted by Crippen LogP contribution is -2.59. The van der Waals surface area contributed by atoms with Crippen LogP contribution in [0, 0.1) is 17.8 Å². The number of hydrogen-bond donors (Lipinski definition) is 3. The number of amides is 4. The highest BCUT2D eigenvalue weighted by Gasteiger charge is 2.64. The number of aromatic nitrogens is 1. The van der Waals surface area contributed by atoms with Crippen molar-refractivity contribution in [1.29, 1.82) is 0 Å². The van der Waals surface area contributed by atoms with Crippen LogP contribution in [0.5, 0.6) is 11.8 Å². The standard InChI is InChI=1S/C41H56FN5O9S/c1-24(2)54-32-19-27-13-9-11-15-30(27)35(43-32)55-29-20-31-34(48)45-41(37(50)46-57(52,53)40(23-42)16-17-40)21-28(41)14-10-8-12-25(3)18-26(4)33(36(49)47(31)22-29)44-38(51)56-39(5,6)7/h9-11,13-15,19,24-26,28-29,31,33H,8,12,16-18,20-23H2,1-7H3,(H,44,51)(H,45,48)(H,46,50)/b14-10-/t25-,26-,28-,29-,31+,33+,41-/m1/s1. The molecule has 0 unspecified atom stereocenters. The topological polar surface area (TPSA) is 182 Å². The lowest BCUT2D eigenvalue weighted by molar-refractivity contribution is -0.142. The van der Waals surface area contributed by atoms with Gasteiger partial charge in [-0.15, -0.1) is 0 Å².